The number of anilines is 1. The predicted molar refractivity (Wildman–Crippen MR) is 108 cm³/mol. The largest absolute Gasteiger partial charge is 0.362 e. The number of rotatable bonds is 3. The van der Waals surface area contributed by atoms with Crippen molar-refractivity contribution in [3.63, 3.8) is 0 Å². The minimum Gasteiger partial charge on any atom is -0.362 e. The highest BCUT2D eigenvalue weighted by Crippen LogP contribution is 2.33. The number of nitrogens with one attached hydrogen (secondary N) is 2. The van der Waals surface area contributed by atoms with E-state index in [1.807, 2.05) is 35.2 Å². The van der Waals surface area contributed by atoms with E-state index in [4.69, 9.17) is 11.6 Å². The number of carbonyl (C=O) groups is 2. The lowest BCUT2D eigenvalue weighted by atomic mass is 9.92. The van der Waals surface area contributed by atoms with Gasteiger partial charge in [0.2, 0.25) is 5.91 Å². The van der Waals surface area contributed by atoms with Crippen molar-refractivity contribution in [2.24, 2.45) is 0 Å². The standard InChI is InChI=1S/C20H20ClN3O2S/c21-14-6-7-16-17(12-14)22-20(23-19(16)26)8-10-24(11-9-20)18(25)13-27-15-4-2-1-3-5-15/h1-7,12,22H,8-11,13H2,(H,23,26). The van der Waals surface area contributed by atoms with Crippen molar-refractivity contribution in [3.05, 3.63) is 59.1 Å². The maximum atomic E-state index is 12.5. The number of thioether (sulfide) groups is 1. The van der Waals surface area contributed by atoms with Gasteiger partial charge in [-0.25, -0.2) is 0 Å². The second-order valence-corrected chi connectivity index (χ2v) is 8.32. The first-order valence-corrected chi connectivity index (χ1v) is 10.3. The van der Waals surface area contributed by atoms with Crippen molar-refractivity contribution >= 4 is 40.9 Å². The lowest BCUT2D eigenvalue weighted by molar-refractivity contribution is -0.129. The molecule has 7 heteroatoms. The van der Waals surface area contributed by atoms with Crippen LogP contribution in [0.5, 0.6) is 0 Å². The Labute approximate surface area is 167 Å². The fourth-order valence-corrected chi connectivity index (χ4v) is 4.53. The Morgan fingerprint density at radius 3 is 2.59 bits per heavy atom. The summed E-state index contributed by atoms with van der Waals surface area (Å²) < 4.78 is 0. The van der Waals surface area contributed by atoms with Gasteiger partial charge in [0.25, 0.3) is 5.91 Å². The van der Waals surface area contributed by atoms with E-state index in [9.17, 15) is 9.59 Å². The summed E-state index contributed by atoms with van der Waals surface area (Å²) in [6, 6.07) is 15.1. The number of fused-ring (bicyclic) bond motifs is 1. The van der Waals surface area contributed by atoms with Crippen LogP contribution in [0.4, 0.5) is 5.69 Å². The molecule has 27 heavy (non-hydrogen) atoms. The highest BCUT2D eigenvalue weighted by molar-refractivity contribution is 8.00. The summed E-state index contributed by atoms with van der Waals surface area (Å²) in [7, 11) is 0. The lowest BCUT2D eigenvalue weighted by Gasteiger charge is -2.45. The second kappa shape index (κ2) is 7.44. The van der Waals surface area contributed by atoms with Crippen LogP contribution in [0, 0.1) is 0 Å². The number of piperidine rings is 1. The summed E-state index contributed by atoms with van der Waals surface area (Å²) in [4.78, 5) is 28.0. The van der Waals surface area contributed by atoms with Crippen molar-refractivity contribution in [2.75, 3.05) is 24.2 Å². The molecule has 2 aromatic rings. The molecule has 4 rings (SSSR count). The van der Waals surface area contributed by atoms with Crippen molar-refractivity contribution in [1.82, 2.24) is 10.2 Å². The van der Waals surface area contributed by atoms with Gasteiger partial charge >= 0.3 is 0 Å². The monoisotopic (exact) mass is 401 g/mol. The van der Waals surface area contributed by atoms with E-state index in [0.717, 1.165) is 10.6 Å². The SMILES string of the molecule is O=C1NC2(CCN(C(=O)CSc3ccccc3)CC2)Nc2cc(Cl)ccc21. The second-order valence-electron chi connectivity index (χ2n) is 6.83. The van der Waals surface area contributed by atoms with Crippen LogP contribution >= 0.6 is 23.4 Å². The molecule has 0 unspecified atom stereocenters. The van der Waals surface area contributed by atoms with Gasteiger partial charge in [0.15, 0.2) is 0 Å². The quantitative estimate of drug-likeness (QED) is 0.771. The molecule has 0 radical (unpaired) electrons. The number of hydrogen-bond acceptors (Lipinski definition) is 4. The highest BCUT2D eigenvalue weighted by atomic mass is 35.5. The van der Waals surface area contributed by atoms with Gasteiger partial charge in [0, 0.05) is 35.8 Å². The molecular formula is C20H20ClN3O2S. The molecule has 0 atom stereocenters. The van der Waals surface area contributed by atoms with Crippen LogP contribution in [-0.4, -0.2) is 41.2 Å². The fourth-order valence-electron chi connectivity index (χ4n) is 3.53. The minimum atomic E-state index is -0.516. The summed E-state index contributed by atoms with van der Waals surface area (Å²) in [5.74, 6) is 0.457. The molecule has 2 N–H and O–H groups in total. The lowest BCUT2D eigenvalue weighted by Crippen LogP contribution is -2.62. The van der Waals surface area contributed by atoms with Gasteiger partial charge in [0.05, 0.1) is 17.0 Å². The van der Waals surface area contributed by atoms with Crippen LogP contribution in [0.3, 0.4) is 0 Å². The molecule has 0 aromatic heterocycles. The zero-order chi connectivity index (χ0) is 18.9. The van der Waals surface area contributed by atoms with Gasteiger partial charge in [0.1, 0.15) is 5.66 Å². The van der Waals surface area contributed by atoms with E-state index >= 15 is 0 Å². The molecule has 0 bridgehead atoms. The molecule has 2 aliphatic rings. The van der Waals surface area contributed by atoms with Gasteiger partial charge in [-0.1, -0.05) is 29.8 Å². The third kappa shape index (κ3) is 3.92. The van der Waals surface area contributed by atoms with Crippen LogP contribution < -0.4 is 10.6 Å². The van der Waals surface area contributed by atoms with Gasteiger partial charge < -0.3 is 15.5 Å². The smallest absolute Gasteiger partial charge is 0.255 e. The minimum absolute atomic E-state index is 0.0974. The summed E-state index contributed by atoms with van der Waals surface area (Å²) in [5, 5.41) is 7.12. The normalized spacial score (nSPS) is 17.8. The Morgan fingerprint density at radius 1 is 1.11 bits per heavy atom. The number of hydrogen-bond donors (Lipinski definition) is 2. The molecule has 0 aliphatic carbocycles. The van der Waals surface area contributed by atoms with Crippen molar-refractivity contribution < 1.29 is 9.59 Å². The molecule has 2 aromatic carbocycles. The first kappa shape index (κ1) is 18.2. The van der Waals surface area contributed by atoms with Gasteiger partial charge in [-0.15, -0.1) is 11.8 Å². The Hall–Kier alpha value is -2.18. The van der Waals surface area contributed by atoms with E-state index in [1.165, 1.54) is 0 Å². The zero-order valence-corrected chi connectivity index (χ0v) is 16.3. The number of amides is 2. The average Bonchev–Trinajstić information content (AvgIpc) is 2.67. The Bertz CT molecular complexity index is 867. The number of nitrogens with zero attached hydrogens (tertiary/aromatic N) is 1. The van der Waals surface area contributed by atoms with Crippen LogP contribution in [0.15, 0.2) is 53.4 Å². The van der Waals surface area contributed by atoms with Crippen LogP contribution in [0.25, 0.3) is 0 Å². The fraction of sp³-hybridized carbons (Fsp3) is 0.300. The molecular weight excluding hydrogens is 382 g/mol. The zero-order valence-electron chi connectivity index (χ0n) is 14.7. The molecule has 1 saturated heterocycles. The number of halogens is 1. The van der Waals surface area contributed by atoms with E-state index in [0.29, 0.717) is 42.3 Å². The van der Waals surface area contributed by atoms with E-state index in [2.05, 4.69) is 10.6 Å². The maximum absolute atomic E-state index is 12.5. The summed E-state index contributed by atoms with van der Waals surface area (Å²) >= 11 is 7.63. The third-order valence-corrected chi connectivity index (χ3v) is 6.26. The first-order chi connectivity index (χ1) is 13.0. The van der Waals surface area contributed by atoms with E-state index in [-0.39, 0.29) is 11.8 Å². The van der Waals surface area contributed by atoms with Crippen molar-refractivity contribution in [2.45, 2.75) is 23.4 Å². The summed E-state index contributed by atoms with van der Waals surface area (Å²) in [6.07, 6.45) is 1.32. The van der Waals surface area contributed by atoms with Gasteiger partial charge in [-0.3, -0.25) is 9.59 Å². The Morgan fingerprint density at radius 2 is 1.85 bits per heavy atom. The van der Waals surface area contributed by atoms with Gasteiger partial charge in [-0.05, 0) is 30.3 Å². The van der Waals surface area contributed by atoms with Gasteiger partial charge in [-0.2, -0.15) is 0 Å². The Kier molecular flexibility index (Phi) is 5.02. The average molecular weight is 402 g/mol. The maximum Gasteiger partial charge on any atom is 0.255 e. The Balaban J connectivity index is 1.37. The summed E-state index contributed by atoms with van der Waals surface area (Å²) in [6.45, 7) is 1.22. The molecule has 2 aliphatic heterocycles. The molecule has 0 saturated carbocycles. The van der Waals surface area contributed by atoms with E-state index in [1.54, 1.807) is 30.0 Å². The number of benzene rings is 2. The molecule has 2 amide bonds. The molecule has 2 heterocycles. The van der Waals surface area contributed by atoms with Crippen LogP contribution in [-0.2, 0) is 4.79 Å². The highest BCUT2D eigenvalue weighted by Gasteiger charge is 2.40. The first-order valence-electron chi connectivity index (χ1n) is 8.91. The number of likely N-dealkylation sites (tertiary alicyclic amines) is 1. The molecule has 1 spiro atoms. The van der Waals surface area contributed by atoms with Crippen molar-refractivity contribution in [1.29, 1.82) is 0 Å². The third-order valence-electron chi connectivity index (χ3n) is 5.03. The molecule has 140 valence electrons. The number of carbonyl (C=O) groups excluding carboxylic acids is 2. The van der Waals surface area contributed by atoms with Crippen molar-refractivity contribution in [3.8, 4) is 0 Å². The topological polar surface area (TPSA) is 61.4 Å². The summed E-state index contributed by atoms with van der Waals surface area (Å²) in [5.41, 5.74) is 0.839. The van der Waals surface area contributed by atoms with Crippen LogP contribution in [0.1, 0.15) is 23.2 Å². The molecule has 5 nitrogen and oxygen atoms in total. The van der Waals surface area contributed by atoms with E-state index < -0.39 is 5.66 Å². The molecule has 1 fully saturated rings. The van der Waals surface area contributed by atoms with Crippen LogP contribution in [0.2, 0.25) is 5.02 Å². The predicted octanol–water partition coefficient (Wildman–Crippen LogP) is 3.61.